The van der Waals surface area contributed by atoms with Crippen molar-refractivity contribution in [3.05, 3.63) is 35.4 Å². The standard InChI is InChI=1S/C13H19F2N/c1-3-16(4-2)9-5-6-11-7-8-12(14)10-13(11)15/h7-8,10H,3-6,9H2,1-2H3. The van der Waals surface area contributed by atoms with Crippen LogP contribution >= 0.6 is 0 Å². The summed E-state index contributed by atoms with van der Waals surface area (Å²) in [6, 6.07) is 3.80. The third-order valence-electron chi connectivity index (χ3n) is 2.83. The van der Waals surface area contributed by atoms with Crippen molar-refractivity contribution in [3.8, 4) is 0 Å². The monoisotopic (exact) mass is 227 g/mol. The molecule has 0 spiro atoms. The van der Waals surface area contributed by atoms with E-state index in [0.29, 0.717) is 12.0 Å². The van der Waals surface area contributed by atoms with E-state index in [1.165, 1.54) is 12.1 Å². The molecule has 0 heterocycles. The minimum Gasteiger partial charge on any atom is -0.304 e. The Morgan fingerprint density at radius 1 is 1.12 bits per heavy atom. The van der Waals surface area contributed by atoms with Crippen LogP contribution in [-0.2, 0) is 6.42 Å². The topological polar surface area (TPSA) is 3.24 Å². The van der Waals surface area contributed by atoms with E-state index in [-0.39, 0.29) is 0 Å². The summed E-state index contributed by atoms with van der Waals surface area (Å²) in [6.45, 7) is 7.22. The van der Waals surface area contributed by atoms with Gasteiger partial charge in [-0.2, -0.15) is 0 Å². The Hall–Kier alpha value is -0.960. The Bertz CT molecular complexity index is 322. The van der Waals surface area contributed by atoms with Crippen LogP contribution in [0.1, 0.15) is 25.8 Å². The molecule has 0 aromatic heterocycles. The van der Waals surface area contributed by atoms with Gasteiger partial charge in [0.05, 0.1) is 0 Å². The summed E-state index contributed by atoms with van der Waals surface area (Å²) in [5.74, 6) is -0.940. The Morgan fingerprint density at radius 2 is 1.81 bits per heavy atom. The molecule has 0 bridgehead atoms. The van der Waals surface area contributed by atoms with Crippen LogP contribution in [-0.4, -0.2) is 24.5 Å². The summed E-state index contributed by atoms with van der Waals surface area (Å²) in [7, 11) is 0. The Kier molecular flexibility index (Phi) is 5.39. The van der Waals surface area contributed by atoms with Gasteiger partial charge in [-0.25, -0.2) is 8.78 Å². The molecule has 0 atom stereocenters. The van der Waals surface area contributed by atoms with E-state index >= 15 is 0 Å². The van der Waals surface area contributed by atoms with Crippen molar-refractivity contribution in [2.75, 3.05) is 19.6 Å². The fraction of sp³-hybridized carbons (Fsp3) is 0.538. The lowest BCUT2D eigenvalue weighted by Gasteiger charge is -2.17. The molecule has 0 aliphatic heterocycles. The minimum atomic E-state index is -0.509. The smallest absolute Gasteiger partial charge is 0.129 e. The normalized spacial score (nSPS) is 11.1. The molecule has 0 unspecified atom stereocenters. The molecule has 0 saturated carbocycles. The number of hydrogen-bond donors (Lipinski definition) is 0. The van der Waals surface area contributed by atoms with Crippen molar-refractivity contribution in [2.24, 2.45) is 0 Å². The van der Waals surface area contributed by atoms with Crippen molar-refractivity contribution in [3.63, 3.8) is 0 Å². The minimum absolute atomic E-state index is 0.431. The summed E-state index contributed by atoms with van der Waals surface area (Å²) in [4.78, 5) is 2.29. The lowest BCUT2D eigenvalue weighted by Crippen LogP contribution is -2.24. The second kappa shape index (κ2) is 6.59. The lowest BCUT2D eigenvalue weighted by molar-refractivity contribution is 0.299. The van der Waals surface area contributed by atoms with Gasteiger partial charge in [0, 0.05) is 6.07 Å². The molecule has 0 saturated heterocycles. The SMILES string of the molecule is CCN(CC)CCCc1ccc(F)cc1F. The van der Waals surface area contributed by atoms with Gasteiger partial charge in [0.2, 0.25) is 0 Å². The average molecular weight is 227 g/mol. The number of nitrogens with zero attached hydrogens (tertiary/aromatic N) is 1. The van der Waals surface area contributed by atoms with Gasteiger partial charge in [-0.05, 0) is 44.1 Å². The van der Waals surface area contributed by atoms with Crippen LogP contribution in [0.15, 0.2) is 18.2 Å². The Balaban J connectivity index is 2.42. The van der Waals surface area contributed by atoms with E-state index in [2.05, 4.69) is 18.7 Å². The summed E-state index contributed by atoms with van der Waals surface area (Å²) >= 11 is 0. The quantitative estimate of drug-likeness (QED) is 0.721. The molecule has 16 heavy (non-hydrogen) atoms. The van der Waals surface area contributed by atoms with E-state index in [0.717, 1.165) is 32.1 Å². The lowest BCUT2D eigenvalue weighted by atomic mass is 10.1. The largest absolute Gasteiger partial charge is 0.304 e. The molecule has 1 aromatic rings. The maximum atomic E-state index is 13.3. The second-order valence-corrected chi connectivity index (χ2v) is 3.87. The molecular formula is C13H19F2N. The van der Waals surface area contributed by atoms with Crippen molar-refractivity contribution < 1.29 is 8.78 Å². The number of aryl methyl sites for hydroxylation is 1. The molecule has 0 aliphatic carbocycles. The van der Waals surface area contributed by atoms with Crippen molar-refractivity contribution in [1.29, 1.82) is 0 Å². The molecule has 1 aromatic carbocycles. The first-order valence-corrected chi connectivity index (χ1v) is 5.83. The van der Waals surface area contributed by atoms with E-state index < -0.39 is 11.6 Å². The fourth-order valence-electron chi connectivity index (χ4n) is 1.76. The number of hydrogen-bond acceptors (Lipinski definition) is 1. The van der Waals surface area contributed by atoms with Crippen molar-refractivity contribution in [1.82, 2.24) is 4.90 Å². The third-order valence-corrected chi connectivity index (χ3v) is 2.83. The molecule has 3 heteroatoms. The van der Waals surface area contributed by atoms with Crippen LogP contribution in [0.5, 0.6) is 0 Å². The zero-order valence-corrected chi connectivity index (χ0v) is 9.97. The highest BCUT2D eigenvalue weighted by Gasteiger charge is 2.04. The van der Waals surface area contributed by atoms with Gasteiger partial charge in [-0.1, -0.05) is 19.9 Å². The zero-order valence-electron chi connectivity index (χ0n) is 9.97. The first-order valence-electron chi connectivity index (χ1n) is 5.83. The Morgan fingerprint density at radius 3 is 2.38 bits per heavy atom. The van der Waals surface area contributed by atoms with Crippen LogP contribution in [0.4, 0.5) is 8.78 Å². The van der Waals surface area contributed by atoms with Crippen molar-refractivity contribution >= 4 is 0 Å². The van der Waals surface area contributed by atoms with Gasteiger partial charge in [0.1, 0.15) is 11.6 Å². The summed E-state index contributed by atoms with van der Waals surface area (Å²) in [5.41, 5.74) is 0.605. The van der Waals surface area contributed by atoms with Crippen LogP contribution in [0, 0.1) is 11.6 Å². The van der Waals surface area contributed by atoms with Gasteiger partial charge in [-0.15, -0.1) is 0 Å². The van der Waals surface area contributed by atoms with Crippen molar-refractivity contribution in [2.45, 2.75) is 26.7 Å². The highest BCUT2D eigenvalue weighted by atomic mass is 19.1. The molecular weight excluding hydrogens is 208 g/mol. The predicted octanol–water partition coefficient (Wildman–Crippen LogP) is 3.24. The number of halogens is 2. The molecule has 0 amide bonds. The first kappa shape index (κ1) is 13.1. The molecule has 1 nitrogen and oxygen atoms in total. The maximum Gasteiger partial charge on any atom is 0.129 e. The highest BCUT2D eigenvalue weighted by molar-refractivity contribution is 5.18. The zero-order chi connectivity index (χ0) is 12.0. The van der Waals surface area contributed by atoms with Gasteiger partial charge < -0.3 is 4.90 Å². The van der Waals surface area contributed by atoms with Gasteiger partial charge in [-0.3, -0.25) is 0 Å². The molecule has 90 valence electrons. The van der Waals surface area contributed by atoms with Crippen LogP contribution in [0.25, 0.3) is 0 Å². The number of rotatable bonds is 6. The van der Waals surface area contributed by atoms with E-state index in [1.54, 1.807) is 0 Å². The van der Waals surface area contributed by atoms with E-state index in [1.807, 2.05) is 0 Å². The maximum absolute atomic E-state index is 13.3. The van der Waals surface area contributed by atoms with Gasteiger partial charge >= 0.3 is 0 Å². The molecule has 0 aliphatic rings. The Labute approximate surface area is 96.1 Å². The molecule has 0 fully saturated rings. The van der Waals surface area contributed by atoms with Gasteiger partial charge in [0.15, 0.2) is 0 Å². The van der Waals surface area contributed by atoms with Crippen LogP contribution in [0.2, 0.25) is 0 Å². The summed E-state index contributed by atoms with van der Waals surface area (Å²) in [5, 5.41) is 0. The van der Waals surface area contributed by atoms with E-state index in [4.69, 9.17) is 0 Å². The molecule has 0 radical (unpaired) electrons. The van der Waals surface area contributed by atoms with Crippen LogP contribution < -0.4 is 0 Å². The predicted molar refractivity (Wildman–Crippen MR) is 62.5 cm³/mol. The summed E-state index contributed by atoms with van der Waals surface area (Å²) in [6.07, 6.45) is 1.58. The van der Waals surface area contributed by atoms with Crippen LogP contribution in [0.3, 0.4) is 0 Å². The first-order chi connectivity index (χ1) is 7.67. The van der Waals surface area contributed by atoms with Gasteiger partial charge in [0.25, 0.3) is 0 Å². The molecule has 1 rings (SSSR count). The molecule has 0 N–H and O–H groups in total. The fourth-order valence-corrected chi connectivity index (χ4v) is 1.76. The summed E-state index contributed by atoms with van der Waals surface area (Å²) < 4.78 is 25.9. The number of benzene rings is 1. The highest BCUT2D eigenvalue weighted by Crippen LogP contribution is 2.11. The van der Waals surface area contributed by atoms with E-state index in [9.17, 15) is 8.78 Å². The second-order valence-electron chi connectivity index (χ2n) is 3.87. The third kappa shape index (κ3) is 3.89. The average Bonchev–Trinajstić information content (AvgIpc) is 2.27.